The van der Waals surface area contributed by atoms with Crippen LogP contribution in [0.2, 0.25) is 0 Å². The number of benzene rings is 3. The molecule has 3 rings (SSSR count). The molecule has 0 aliphatic heterocycles. The van der Waals surface area contributed by atoms with Crippen LogP contribution in [0.1, 0.15) is 104 Å². The van der Waals surface area contributed by atoms with E-state index in [1.807, 2.05) is 80.6 Å². The third-order valence-corrected chi connectivity index (χ3v) is 7.76. The Bertz CT molecular complexity index is 1390. The lowest BCUT2D eigenvalue weighted by Gasteiger charge is -2.35. The largest absolute Gasteiger partial charge is 0.444 e. The van der Waals surface area contributed by atoms with Gasteiger partial charge in [0.15, 0.2) is 0 Å². The normalized spacial score (nSPS) is 12.9. The average molecular weight is 616 g/mol. The van der Waals surface area contributed by atoms with E-state index < -0.39 is 23.8 Å². The number of carbonyl (C=O) groups is 3. The van der Waals surface area contributed by atoms with Crippen molar-refractivity contribution in [1.82, 2.24) is 10.2 Å². The molecule has 0 aromatic heterocycles. The van der Waals surface area contributed by atoms with E-state index in [1.54, 1.807) is 25.7 Å². The van der Waals surface area contributed by atoms with Crippen molar-refractivity contribution in [2.75, 3.05) is 11.9 Å². The summed E-state index contributed by atoms with van der Waals surface area (Å²) in [7, 11) is 0. The van der Waals surface area contributed by atoms with Crippen LogP contribution in [0.3, 0.4) is 0 Å². The summed E-state index contributed by atoms with van der Waals surface area (Å²) in [4.78, 5) is 43.5. The Morgan fingerprint density at radius 3 is 2.13 bits per heavy atom. The fraction of sp³-hybridized carbons (Fsp3) is 0.500. The number of nitrogens with one attached hydrogen (secondary N) is 2. The Kier molecular flexibility index (Phi) is 13.4. The van der Waals surface area contributed by atoms with Crippen molar-refractivity contribution in [1.29, 1.82) is 0 Å². The highest BCUT2D eigenvalue weighted by atomic mass is 16.6. The highest BCUT2D eigenvalue weighted by molar-refractivity contribution is 6.00. The van der Waals surface area contributed by atoms with Crippen molar-refractivity contribution in [2.24, 2.45) is 5.92 Å². The number of rotatable bonds is 15. The molecule has 2 atom stereocenters. The molecule has 0 spiro atoms. The molecule has 0 radical (unpaired) electrons. The lowest BCUT2D eigenvalue weighted by molar-refractivity contribution is -0.141. The zero-order valence-corrected chi connectivity index (χ0v) is 28.3. The maximum absolute atomic E-state index is 14.5. The molecule has 3 aromatic rings. The van der Waals surface area contributed by atoms with Gasteiger partial charge in [-0.2, -0.15) is 0 Å². The minimum Gasteiger partial charge on any atom is -0.444 e. The van der Waals surface area contributed by atoms with E-state index in [1.165, 1.54) is 0 Å². The first kappa shape index (κ1) is 35.6. The minimum absolute atomic E-state index is 0.119. The van der Waals surface area contributed by atoms with Crippen molar-refractivity contribution in [3.05, 3.63) is 77.9 Å². The van der Waals surface area contributed by atoms with Gasteiger partial charge in [0, 0.05) is 12.2 Å². The van der Waals surface area contributed by atoms with Crippen LogP contribution < -0.4 is 10.6 Å². The van der Waals surface area contributed by atoms with Crippen LogP contribution in [-0.4, -0.2) is 41.0 Å². The predicted octanol–water partition coefficient (Wildman–Crippen LogP) is 8.82. The maximum Gasteiger partial charge on any atom is 0.408 e. The van der Waals surface area contributed by atoms with Crippen LogP contribution in [0.4, 0.5) is 10.5 Å². The van der Waals surface area contributed by atoms with Crippen LogP contribution in [-0.2, 0) is 20.7 Å². The number of aryl methyl sites for hydroxylation is 1. The first-order valence-corrected chi connectivity index (χ1v) is 16.6. The molecule has 3 amide bonds. The van der Waals surface area contributed by atoms with E-state index >= 15 is 0 Å². The number of hydrogen-bond acceptors (Lipinski definition) is 4. The van der Waals surface area contributed by atoms with Gasteiger partial charge in [0.25, 0.3) is 5.91 Å². The molecule has 2 N–H and O–H groups in total. The highest BCUT2D eigenvalue weighted by Crippen LogP contribution is 2.28. The van der Waals surface area contributed by atoms with Gasteiger partial charge in [0.05, 0.1) is 0 Å². The monoisotopic (exact) mass is 615 g/mol. The first-order valence-electron chi connectivity index (χ1n) is 16.6. The predicted molar refractivity (Wildman–Crippen MR) is 184 cm³/mol. The van der Waals surface area contributed by atoms with Gasteiger partial charge in [0.2, 0.25) is 5.91 Å². The summed E-state index contributed by atoms with van der Waals surface area (Å²) in [5, 5.41) is 8.05. The molecule has 0 aliphatic rings. The molecule has 244 valence electrons. The molecule has 3 aromatic carbocycles. The number of alkyl carbamates (subject to hydrolysis) is 1. The topological polar surface area (TPSA) is 87.7 Å². The van der Waals surface area contributed by atoms with Crippen molar-refractivity contribution < 1.29 is 19.1 Å². The van der Waals surface area contributed by atoms with E-state index in [0.29, 0.717) is 18.7 Å². The number of hydrogen-bond donors (Lipinski definition) is 2. The molecular weight excluding hydrogens is 562 g/mol. The Labute approximate surface area is 270 Å². The second-order valence-corrected chi connectivity index (χ2v) is 13.3. The maximum atomic E-state index is 14.5. The zero-order chi connectivity index (χ0) is 33.0. The van der Waals surface area contributed by atoms with Crippen LogP contribution >= 0.6 is 0 Å². The Morgan fingerprint density at radius 2 is 1.51 bits per heavy atom. The Morgan fingerprint density at radius 1 is 0.844 bits per heavy atom. The van der Waals surface area contributed by atoms with E-state index in [4.69, 9.17) is 4.74 Å². The number of amides is 3. The molecule has 0 fully saturated rings. The molecule has 0 aliphatic carbocycles. The van der Waals surface area contributed by atoms with E-state index in [2.05, 4.69) is 24.5 Å². The van der Waals surface area contributed by atoms with E-state index in [9.17, 15) is 14.4 Å². The number of anilines is 1. The summed E-state index contributed by atoms with van der Waals surface area (Å²) in [6, 6.07) is 20.0. The molecule has 0 saturated carbocycles. The van der Waals surface area contributed by atoms with Crippen LogP contribution in [0, 0.1) is 5.92 Å². The fourth-order valence-corrected chi connectivity index (χ4v) is 5.48. The fourth-order valence-electron chi connectivity index (χ4n) is 5.48. The average Bonchev–Trinajstić information content (AvgIpc) is 2.98. The van der Waals surface area contributed by atoms with Crippen molar-refractivity contribution in [3.8, 4) is 0 Å². The second-order valence-electron chi connectivity index (χ2n) is 13.3. The van der Waals surface area contributed by atoms with Crippen LogP contribution in [0.15, 0.2) is 66.7 Å². The SMILES string of the molecule is CCCCCCCN(C(=O)C(CC(C)C)NC(=O)OC(C)(C)C)C(C(=O)Nc1ccc2ccccc2c1)c1ccc(CC)cc1. The van der Waals surface area contributed by atoms with E-state index in [-0.39, 0.29) is 17.7 Å². The first-order chi connectivity index (χ1) is 21.4. The van der Waals surface area contributed by atoms with Crippen molar-refractivity contribution in [2.45, 2.75) is 111 Å². The molecule has 0 heterocycles. The summed E-state index contributed by atoms with van der Waals surface area (Å²) in [5.74, 6) is -0.464. The van der Waals surface area contributed by atoms with Gasteiger partial charge in [-0.3, -0.25) is 9.59 Å². The number of unbranched alkanes of at least 4 members (excludes halogenated alkanes) is 4. The van der Waals surface area contributed by atoms with Crippen LogP contribution in [0.25, 0.3) is 10.8 Å². The quantitative estimate of drug-likeness (QED) is 0.167. The van der Waals surface area contributed by atoms with Gasteiger partial charge >= 0.3 is 6.09 Å². The third kappa shape index (κ3) is 11.2. The van der Waals surface area contributed by atoms with Gasteiger partial charge in [-0.25, -0.2) is 4.79 Å². The van der Waals surface area contributed by atoms with Gasteiger partial charge in [-0.1, -0.05) is 108 Å². The molecule has 0 bridgehead atoms. The lowest BCUT2D eigenvalue weighted by Crippen LogP contribution is -2.53. The summed E-state index contributed by atoms with van der Waals surface area (Å²) >= 11 is 0. The molecule has 7 nitrogen and oxygen atoms in total. The van der Waals surface area contributed by atoms with Gasteiger partial charge in [-0.15, -0.1) is 0 Å². The number of nitrogens with zero attached hydrogens (tertiary/aromatic N) is 1. The zero-order valence-electron chi connectivity index (χ0n) is 28.3. The summed E-state index contributed by atoms with van der Waals surface area (Å²) in [6.07, 6.45) is 5.62. The van der Waals surface area contributed by atoms with Crippen molar-refractivity contribution in [3.63, 3.8) is 0 Å². The van der Waals surface area contributed by atoms with E-state index in [0.717, 1.165) is 60.4 Å². The smallest absolute Gasteiger partial charge is 0.408 e. The van der Waals surface area contributed by atoms with Gasteiger partial charge in [-0.05, 0) is 80.0 Å². The second kappa shape index (κ2) is 17.0. The summed E-state index contributed by atoms with van der Waals surface area (Å²) < 4.78 is 5.54. The van der Waals surface area contributed by atoms with Gasteiger partial charge < -0.3 is 20.3 Å². The number of ether oxygens (including phenoxy) is 1. The van der Waals surface area contributed by atoms with Crippen LogP contribution in [0.5, 0.6) is 0 Å². The molecule has 2 unspecified atom stereocenters. The summed E-state index contributed by atoms with van der Waals surface area (Å²) in [5.41, 5.74) is 1.83. The highest BCUT2D eigenvalue weighted by Gasteiger charge is 2.36. The molecule has 45 heavy (non-hydrogen) atoms. The Hall–Kier alpha value is -3.87. The number of fused-ring (bicyclic) bond motifs is 1. The summed E-state index contributed by atoms with van der Waals surface area (Å²) in [6.45, 7) is 14.0. The molecule has 7 heteroatoms. The number of carbonyl (C=O) groups excluding carboxylic acids is 3. The molecular formula is C38H53N3O4. The standard InChI is InChI=1S/C38H53N3O4/c1-8-10-11-12-15-24-41(36(43)33(25-27(3)4)40-37(44)45-38(5,6)7)34(30-20-18-28(9-2)19-21-30)35(42)39-32-23-22-29-16-13-14-17-31(29)26-32/h13-14,16-23,26-27,33-34H,8-12,15,24-25H2,1-7H3,(H,39,42)(H,40,44). The Balaban J connectivity index is 2.03. The lowest BCUT2D eigenvalue weighted by atomic mass is 9.97. The minimum atomic E-state index is -0.892. The molecule has 0 saturated heterocycles. The van der Waals surface area contributed by atoms with Crippen molar-refractivity contribution >= 4 is 34.4 Å². The van der Waals surface area contributed by atoms with Gasteiger partial charge in [0.1, 0.15) is 17.7 Å². The third-order valence-electron chi connectivity index (χ3n) is 7.76.